The third-order valence-electron chi connectivity index (χ3n) is 3.72. The average molecular weight is 265 g/mol. The molecule has 1 aromatic rings. The Morgan fingerprint density at radius 1 is 1.32 bits per heavy atom. The number of nitrogens with one attached hydrogen (secondary N) is 1. The van der Waals surface area contributed by atoms with Gasteiger partial charge in [0.25, 0.3) is 0 Å². The fourth-order valence-electron chi connectivity index (χ4n) is 2.56. The molecule has 1 aliphatic rings. The molecule has 0 unspecified atom stereocenters. The molecule has 2 rings (SSSR count). The quantitative estimate of drug-likeness (QED) is 0.868. The largest absolute Gasteiger partial charge is 0.481 e. The van der Waals surface area contributed by atoms with Crippen LogP contribution in [0.25, 0.3) is 0 Å². The van der Waals surface area contributed by atoms with Gasteiger partial charge in [0.1, 0.15) is 0 Å². The average Bonchev–Trinajstić information content (AvgIpc) is 2.68. The molecule has 0 spiro atoms. The molecule has 0 radical (unpaired) electrons. The maximum Gasteiger partial charge on any atom is 0.306 e. The molecule has 1 fully saturated rings. The van der Waals surface area contributed by atoms with E-state index in [0.29, 0.717) is 25.7 Å². The maximum absolute atomic E-state index is 12.1. The van der Waals surface area contributed by atoms with Crippen LogP contribution in [0.3, 0.4) is 0 Å². The highest BCUT2D eigenvalue weighted by molar-refractivity contribution is 5.93. The van der Waals surface area contributed by atoms with Crippen LogP contribution in [0.5, 0.6) is 0 Å². The molecular formula is C13H19N3O3. The number of carboxylic acids is 1. The van der Waals surface area contributed by atoms with Crippen molar-refractivity contribution in [2.45, 2.75) is 32.6 Å². The van der Waals surface area contributed by atoms with Crippen LogP contribution in [0, 0.1) is 18.8 Å². The van der Waals surface area contributed by atoms with Crippen molar-refractivity contribution < 1.29 is 14.7 Å². The topological polar surface area (TPSA) is 84.2 Å². The van der Waals surface area contributed by atoms with Crippen molar-refractivity contribution in [2.24, 2.45) is 18.9 Å². The number of hydrogen-bond donors (Lipinski definition) is 2. The SMILES string of the molecule is Cc1nn(C)cc1NC(=O)C1CCC(C(=O)O)CC1. The Labute approximate surface area is 111 Å². The minimum absolute atomic E-state index is 0.0278. The van der Waals surface area contributed by atoms with Crippen molar-refractivity contribution in [1.82, 2.24) is 9.78 Å². The number of aliphatic carboxylic acids is 1. The number of aromatic nitrogens is 2. The van der Waals surface area contributed by atoms with Gasteiger partial charge in [0.2, 0.25) is 5.91 Å². The van der Waals surface area contributed by atoms with Gasteiger partial charge in [-0.05, 0) is 32.6 Å². The Morgan fingerprint density at radius 2 is 1.89 bits per heavy atom. The standard InChI is InChI=1S/C13H19N3O3/c1-8-11(7-16(2)15-8)14-12(17)9-3-5-10(6-4-9)13(18)19/h7,9-10H,3-6H2,1-2H3,(H,14,17)(H,18,19). The van der Waals surface area contributed by atoms with E-state index in [2.05, 4.69) is 10.4 Å². The lowest BCUT2D eigenvalue weighted by molar-refractivity contribution is -0.143. The fraction of sp³-hybridized carbons (Fsp3) is 0.615. The summed E-state index contributed by atoms with van der Waals surface area (Å²) in [7, 11) is 1.81. The lowest BCUT2D eigenvalue weighted by Crippen LogP contribution is -2.29. The molecule has 1 amide bonds. The molecule has 2 N–H and O–H groups in total. The van der Waals surface area contributed by atoms with Crippen LogP contribution >= 0.6 is 0 Å². The molecule has 19 heavy (non-hydrogen) atoms. The van der Waals surface area contributed by atoms with Gasteiger partial charge < -0.3 is 10.4 Å². The normalized spacial score (nSPS) is 23.1. The number of rotatable bonds is 3. The molecule has 0 aromatic carbocycles. The first-order valence-electron chi connectivity index (χ1n) is 6.51. The summed E-state index contributed by atoms with van der Waals surface area (Å²) in [5.74, 6) is -1.15. The molecular weight excluding hydrogens is 246 g/mol. The molecule has 1 aliphatic carbocycles. The van der Waals surface area contributed by atoms with E-state index in [1.165, 1.54) is 0 Å². The summed E-state index contributed by atoms with van der Waals surface area (Å²) < 4.78 is 1.66. The third kappa shape index (κ3) is 3.13. The number of anilines is 1. The molecule has 1 heterocycles. The minimum Gasteiger partial charge on any atom is -0.481 e. The summed E-state index contributed by atoms with van der Waals surface area (Å²) in [5, 5.41) is 16.0. The van der Waals surface area contributed by atoms with E-state index in [1.54, 1.807) is 17.9 Å². The molecule has 1 saturated carbocycles. The number of aryl methyl sites for hydroxylation is 2. The highest BCUT2D eigenvalue weighted by Gasteiger charge is 2.29. The predicted molar refractivity (Wildman–Crippen MR) is 69.7 cm³/mol. The molecule has 104 valence electrons. The summed E-state index contributed by atoms with van der Waals surface area (Å²) in [6, 6.07) is 0. The lowest BCUT2D eigenvalue weighted by atomic mass is 9.81. The number of nitrogens with zero attached hydrogens (tertiary/aromatic N) is 2. The lowest BCUT2D eigenvalue weighted by Gasteiger charge is -2.25. The van der Waals surface area contributed by atoms with Crippen molar-refractivity contribution in [3.8, 4) is 0 Å². The van der Waals surface area contributed by atoms with Crippen LogP contribution < -0.4 is 5.32 Å². The highest BCUT2D eigenvalue weighted by atomic mass is 16.4. The molecule has 0 aliphatic heterocycles. The Bertz CT molecular complexity index is 487. The van der Waals surface area contributed by atoms with Crippen molar-refractivity contribution in [2.75, 3.05) is 5.32 Å². The molecule has 6 nitrogen and oxygen atoms in total. The molecule has 0 atom stereocenters. The molecule has 0 bridgehead atoms. The van der Waals surface area contributed by atoms with Crippen molar-refractivity contribution in [3.63, 3.8) is 0 Å². The van der Waals surface area contributed by atoms with Crippen LogP contribution in [0.15, 0.2) is 6.20 Å². The number of carbonyl (C=O) groups is 2. The van der Waals surface area contributed by atoms with Crippen LogP contribution in [0.1, 0.15) is 31.4 Å². The van der Waals surface area contributed by atoms with Gasteiger partial charge in [-0.3, -0.25) is 14.3 Å². The number of hydrogen-bond acceptors (Lipinski definition) is 3. The Hall–Kier alpha value is -1.85. The fourth-order valence-corrected chi connectivity index (χ4v) is 2.56. The van der Waals surface area contributed by atoms with E-state index in [4.69, 9.17) is 5.11 Å². The van der Waals surface area contributed by atoms with Crippen molar-refractivity contribution in [1.29, 1.82) is 0 Å². The monoisotopic (exact) mass is 265 g/mol. The van der Waals surface area contributed by atoms with E-state index in [1.807, 2.05) is 6.92 Å². The summed E-state index contributed by atoms with van der Waals surface area (Å²) in [6.07, 6.45) is 4.22. The van der Waals surface area contributed by atoms with Crippen LogP contribution in [0.4, 0.5) is 5.69 Å². The molecule has 1 aromatic heterocycles. The van der Waals surface area contributed by atoms with Crippen molar-refractivity contribution in [3.05, 3.63) is 11.9 Å². The summed E-state index contributed by atoms with van der Waals surface area (Å²) >= 11 is 0. The van der Waals surface area contributed by atoms with Gasteiger partial charge in [0.05, 0.1) is 17.3 Å². The van der Waals surface area contributed by atoms with E-state index >= 15 is 0 Å². The molecule has 6 heteroatoms. The van der Waals surface area contributed by atoms with E-state index in [9.17, 15) is 9.59 Å². The smallest absolute Gasteiger partial charge is 0.306 e. The second-order valence-corrected chi connectivity index (χ2v) is 5.18. The summed E-state index contributed by atoms with van der Waals surface area (Å²) in [5.41, 5.74) is 1.52. The van der Waals surface area contributed by atoms with Crippen molar-refractivity contribution >= 4 is 17.6 Å². The zero-order valence-electron chi connectivity index (χ0n) is 11.2. The highest BCUT2D eigenvalue weighted by Crippen LogP contribution is 2.30. The Kier molecular flexibility index (Phi) is 3.87. The first-order valence-corrected chi connectivity index (χ1v) is 6.51. The first-order chi connectivity index (χ1) is 8.97. The van der Waals surface area contributed by atoms with E-state index < -0.39 is 5.97 Å². The molecule has 0 saturated heterocycles. The second kappa shape index (κ2) is 5.42. The van der Waals surface area contributed by atoms with Gasteiger partial charge in [-0.2, -0.15) is 5.10 Å². The van der Waals surface area contributed by atoms with Gasteiger partial charge in [-0.25, -0.2) is 0 Å². The first kappa shape index (κ1) is 13.6. The van der Waals surface area contributed by atoms with Gasteiger partial charge in [0, 0.05) is 19.2 Å². The minimum atomic E-state index is -0.748. The van der Waals surface area contributed by atoms with Crippen LogP contribution in [-0.2, 0) is 16.6 Å². The zero-order valence-corrected chi connectivity index (χ0v) is 11.2. The van der Waals surface area contributed by atoms with E-state index in [0.717, 1.165) is 11.4 Å². The van der Waals surface area contributed by atoms with Gasteiger partial charge in [-0.15, -0.1) is 0 Å². The Balaban J connectivity index is 1.91. The zero-order chi connectivity index (χ0) is 14.0. The van der Waals surface area contributed by atoms with Crippen LogP contribution in [-0.4, -0.2) is 26.8 Å². The number of carboxylic acid groups (broad SMARTS) is 1. The second-order valence-electron chi connectivity index (χ2n) is 5.18. The van der Waals surface area contributed by atoms with Crippen LogP contribution in [0.2, 0.25) is 0 Å². The summed E-state index contributed by atoms with van der Waals surface area (Å²) in [6.45, 7) is 1.84. The Morgan fingerprint density at radius 3 is 2.37 bits per heavy atom. The number of amides is 1. The maximum atomic E-state index is 12.1. The van der Waals surface area contributed by atoms with Gasteiger partial charge in [-0.1, -0.05) is 0 Å². The predicted octanol–water partition coefficient (Wildman–Crippen LogP) is 1.56. The third-order valence-corrected chi connectivity index (χ3v) is 3.72. The van der Waals surface area contributed by atoms with Gasteiger partial charge in [0.15, 0.2) is 0 Å². The van der Waals surface area contributed by atoms with Gasteiger partial charge >= 0.3 is 5.97 Å². The van der Waals surface area contributed by atoms with E-state index in [-0.39, 0.29) is 17.7 Å². The number of carbonyl (C=O) groups excluding carboxylic acids is 1. The summed E-state index contributed by atoms with van der Waals surface area (Å²) in [4.78, 5) is 23.0.